The fourth-order valence-electron chi connectivity index (χ4n) is 4.18. The number of carbonyl (C=O) groups excluding carboxylic acids is 2. The Morgan fingerprint density at radius 1 is 1.13 bits per heavy atom. The molecule has 0 spiro atoms. The van der Waals surface area contributed by atoms with Crippen molar-refractivity contribution in [1.82, 2.24) is 15.2 Å². The highest BCUT2D eigenvalue weighted by Gasteiger charge is 2.31. The summed E-state index contributed by atoms with van der Waals surface area (Å²) in [6.07, 6.45) is 2.34. The van der Waals surface area contributed by atoms with Crippen LogP contribution in [0.2, 0.25) is 5.02 Å². The molecule has 1 aromatic heterocycles. The van der Waals surface area contributed by atoms with Crippen LogP contribution in [0.5, 0.6) is 0 Å². The third-order valence-corrected chi connectivity index (χ3v) is 6.28. The third kappa shape index (κ3) is 4.52. The van der Waals surface area contributed by atoms with Gasteiger partial charge >= 0.3 is 0 Å². The molecule has 4 rings (SSSR count). The van der Waals surface area contributed by atoms with Crippen LogP contribution >= 0.6 is 11.6 Å². The number of carbonyl (C=O) groups is 2. The molecule has 2 aromatic rings. The Bertz CT molecular complexity index is 1000. The number of furan rings is 1. The second kappa shape index (κ2) is 9.24. The molecule has 0 bridgehead atoms. The molecule has 0 radical (unpaired) electrons. The molecule has 2 aliphatic rings. The Balaban J connectivity index is 1.53. The molecule has 164 valence electrons. The predicted octanol–water partition coefficient (Wildman–Crippen LogP) is 3.49. The molecule has 1 aromatic carbocycles. The lowest BCUT2D eigenvalue weighted by atomic mass is 9.93. The maximum atomic E-state index is 13.1. The summed E-state index contributed by atoms with van der Waals surface area (Å²) in [7, 11) is 0. The average molecular weight is 443 g/mol. The van der Waals surface area contributed by atoms with Crippen molar-refractivity contribution in [2.24, 2.45) is 5.10 Å². The predicted molar refractivity (Wildman–Crippen MR) is 120 cm³/mol. The molecule has 1 saturated heterocycles. The van der Waals surface area contributed by atoms with Gasteiger partial charge in [0.05, 0.1) is 5.71 Å². The molecule has 0 atom stereocenters. The topological polar surface area (TPSA) is 78.2 Å². The summed E-state index contributed by atoms with van der Waals surface area (Å²) in [5.74, 6) is 0.807. The summed E-state index contributed by atoms with van der Waals surface area (Å²) in [5.41, 5.74) is 5.53. The summed E-state index contributed by atoms with van der Waals surface area (Å²) in [6.45, 7) is 8.20. The zero-order chi connectivity index (χ0) is 22.0. The number of piperazine rings is 1. The number of hydrazone groups is 1. The second-order valence-corrected chi connectivity index (χ2v) is 8.38. The van der Waals surface area contributed by atoms with Gasteiger partial charge in [-0.05, 0) is 50.6 Å². The lowest BCUT2D eigenvalue weighted by molar-refractivity contribution is 0.0609. The summed E-state index contributed by atoms with van der Waals surface area (Å²) >= 11 is 5.88. The van der Waals surface area contributed by atoms with Gasteiger partial charge in [0, 0.05) is 54.3 Å². The molecule has 8 heteroatoms. The van der Waals surface area contributed by atoms with Gasteiger partial charge in [0.1, 0.15) is 5.76 Å². The monoisotopic (exact) mass is 442 g/mol. The first-order valence-corrected chi connectivity index (χ1v) is 11.1. The van der Waals surface area contributed by atoms with Gasteiger partial charge in [-0.25, -0.2) is 5.43 Å². The number of fused-ring (bicyclic) bond motifs is 1. The minimum Gasteiger partial charge on any atom is -0.455 e. The van der Waals surface area contributed by atoms with E-state index in [9.17, 15) is 9.59 Å². The zero-order valence-electron chi connectivity index (χ0n) is 17.9. The van der Waals surface area contributed by atoms with Crippen LogP contribution < -0.4 is 5.43 Å². The van der Waals surface area contributed by atoms with Crippen molar-refractivity contribution in [3.63, 3.8) is 0 Å². The van der Waals surface area contributed by atoms with E-state index in [4.69, 9.17) is 16.0 Å². The first-order chi connectivity index (χ1) is 15.0. The van der Waals surface area contributed by atoms with Crippen LogP contribution in [0, 0.1) is 6.92 Å². The summed E-state index contributed by atoms with van der Waals surface area (Å²) in [4.78, 5) is 29.7. The molecular weight excluding hydrogens is 416 g/mol. The van der Waals surface area contributed by atoms with Gasteiger partial charge in [-0.3, -0.25) is 9.59 Å². The van der Waals surface area contributed by atoms with Crippen molar-refractivity contribution in [2.45, 2.75) is 33.1 Å². The van der Waals surface area contributed by atoms with E-state index in [0.717, 1.165) is 61.5 Å². The number of halogens is 1. The summed E-state index contributed by atoms with van der Waals surface area (Å²) in [5, 5.41) is 4.95. The van der Waals surface area contributed by atoms with E-state index in [-0.39, 0.29) is 11.8 Å². The number of benzene rings is 1. The fourth-order valence-corrected chi connectivity index (χ4v) is 4.30. The lowest BCUT2D eigenvalue weighted by Crippen LogP contribution is -2.48. The van der Waals surface area contributed by atoms with Crippen molar-refractivity contribution in [3.05, 3.63) is 57.5 Å². The smallest absolute Gasteiger partial charge is 0.289 e. The van der Waals surface area contributed by atoms with E-state index in [2.05, 4.69) is 22.4 Å². The van der Waals surface area contributed by atoms with Crippen LogP contribution in [-0.4, -0.2) is 60.0 Å². The number of aryl methyl sites for hydroxylation is 1. The van der Waals surface area contributed by atoms with Gasteiger partial charge in [-0.1, -0.05) is 18.5 Å². The highest BCUT2D eigenvalue weighted by atomic mass is 35.5. The van der Waals surface area contributed by atoms with Crippen LogP contribution in [-0.2, 0) is 6.42 Å². The van der Waals surface area contributed by atoms with Crippen molar-refractivity contribution in [3.8, 4) is 0 Å². The minimum atomic E-state index is -0.303. The standard InChI is InChI=1S/C23H27ClN4O3/c1-3-27-11-13-28(14-12-27)23(30)21-15(2)20-18(5-4-6-19(20)31-21)25-26-22(29)16-7-9-17(24)10-8-16/h7-10H,3-6,11-14H2,1-2H3,(H,26,29)/b25-18+. The Labute approximate surface area is 187 Å². The first-order valence-electron chi connectivity index (χ1n) is 10.7. The normalized spacial score (nSPS) is 18.2. The molecule has 31 heavy (non-hydrogen) atoms. The maximum Gasteiger partial charge on any atom is 0.289 e. The molecule has 1 N–H and O–H groups in total. The van der Waals surface area contributed by atoms with Gasteiger partial charge in [-0.2, -0.15) is 5.10 Å². The molecule has 0 saturated carbocycles. The molecule has 1 fully saturated rings. The molecule has 2 amide bonds. The number of hydrogen-bond donors (Lipinski definition) is 1. The van der Waals surface area contributed by atoms with Crippen LogP contribution in [0.25, 0.3) is 0 Å². The van der Waals surface area contributed by atoms with E-state index in [0.29, 0.717) is 29.4 Å². The molecule has 7 nitrogen and oxygen atoms in total. The van der Waals surface area contributed by atoms with Gasteiger partial charge in [0.25, 0.3) is 11.8 Å². The van der Waals surface area contributed by atoms with E-state index in [1.807, 2.05) is 11.8 Å². The largest absolute Gasteiger partial charge is 0.455 e. The van der Waals surface area contributed by atoms with Gasteiger partial charge in [0.2, 0.25) is 0 Å². The fraction of sp³-hybridized carbons (Fsp3) is 0.435. The van der Waals surface area contributed by atoms with E-state index < -0.39 is 0 Å². The van der Waals surface area contributed by atoms with Gasteiger partial charge in [-0.15, -0.1) is 0 Å². The highest BCUT2D eigenvalue weighted by molar-refractivity contribution is 6.30. The van der Waals surface area contributed by atoms with Gasteiger partial charge < -0.3 is 14.2 Å². The van der Waals surface area contributed by atoms with E-state index in [1.165, 1.54) is 0 Å². The SMILES string of the molecule is CCN1CCN(C(=O)c2oc3c(c2C)/C(=N/NC(=O)c2ccc(Cl)cc2)CCC3)CC1. The molecule has 1 aliphatic heterocycles. The number of amides is 2. The van der Waals surface area contributed by atoms with Crippen LogP contribution in [0.15, 0.2) is 33.8 Å². The Morgan fingerprint density at radius 3 is 2.52 bits per heavy atom. The van der Waals surface area contributed by atoms with Crippen molar-refractivity contribution in [1.29, 1.82) is 0 Å². The van der Waals surface area contributed by atoms with Gasteiger partial charge in [0.15, 0.2) is 5.76 Å². The molecule has 0 unspecified atom stereocenters. The Hall–Kier alpha value is -2.64. The van der Waals surface area contributed by atoms with Crippen molar-refractivity contribution < 1.29 is 14.0 Å². The quantitative estimate of drug-likeness (QED) is 0.735. The molecule has 1 aliphatic carbocycles. The number of nitrogens with zero attached hydrogens (tertiary/aromatic N) is 3. The van der Waals surface area contributed by atoms with Crippen LogP contribution in [0.3, 0.4) is 0 Å². The number of nitrogens with one attached hydrogen (secondary N) is 1. The van der Waals surface area contributed by atoms with E-state index in [1.54, 1.807) is 24.3 Å². The minimum absolute atomic E-state index is 0.0628. The van der Waals surface area contributed by atoms with Crippen LogP contribution in [0.4, 0.5) is 0 Å². The maximum absolute atomic E-state index is 13.1. The summed E-state index contributed by atoms with van der Waals surface area (Å²) < 4.78 is 6.03. The summed E-state index contributed by atoms with van der Waals surface area (Å²) in [6, 6.07) is 6.64. The Morgan fingerprint density at radius 2 is 1.84 bits per heavy atom. The van der Waals surface area contributed by atoms with Crippen LogP contribution in [0.1, 0.15) is 57.6 Å². The number of rotatable bonds is 4. The number of hydrogen-bond acceptors (Lipinski definition) is 5. The first kappa shape index (κ1) is 21.6. The van der Waals surface area contributed by atoms with Crippen molar-refractivity contribution in [2.75, 3.05) is 32.7 Å². The zero-order valence-corrected chi connectivity index (χ0v) is 18.7. The number of likely N-dealkylation sites (N-methyl/N-ethyl adjacent to an activating group) is 1. The third-order valence-electron chi connectivity index (χ3n) is 6.03. The van der Waals surface area contributed by atoms with E-state index >= 15 is 0 Å². The average Bonchev–Trinajstić information content (AvgIpc) is 3.14. The van der Waals surface area contributed by atoms with Crippen molar-refractivity contribution >= 4 is 29.1 Å². The molecular formula is C23H27ClN4O3. The lowest BCUT2D eigenvalue weighted by Gasteiger charge is -2.33. The highest BCUT2D eigenvalue weighted by Crippen LogP contribution is 2.30. The molecule has 2 heterocycles. The second-order valence-electron chi connectivity index (χ2n) is 7.94. The Kier molecular flexibility index (Phi) is 6.43.